The first-order valence-electron chi connectivity index (χ1n) is 13.4. The van der Waals surface area contributed by atoms with Crippen LogP contribution in [0.5, 0.6) is 11.5 Å². The first-order valence-corrected chi connectivity index (χ1v) is 14.2. The van der Waals surface area contributed by atoms with E-state index in [0.717, 1.165) is 25.6 Å². The average molecular weight is 592 g/mol. The molecule has 4 heterocycles. The molecule has 0 aliphatic carbocycles. The van der Waals surface area contributed by atoms with Gasteiger partial charge in [-0.05, 0) is 49.4 Å². The highest BCUT2D eigenvalue weighted by Gasteiger charge is 2.49. The van der Waals surface area contributed by atoms with Gasteiger partial charge in [-0.15, -0.1) is 0 Å². The monoisotopic (exact) mass is 591 g/mol. The summed E-state index contributed by atoms with van der Waals surface area (Å²) in [6, 6.07) is 14.4. The third kappa shape index (κ3) is 5.41. The van der Waals surface area contributed by atoms with Crippen LogP contribution >= 0.6 is 11.8 Å². The Kier molecular flexibility index (Phi) is 7.31. The number of nitrogens with one attached hydrogen (secondary N) is 3. The van der Waals surface area contributed by atoms with Gasteiger partial charge in [0.15, 0.2) is 5.67 Å². The number of hydrogen-bond acceptors (Lipinski definition) is 6. The van der Waals surface area contributed by atoms with Crippen molar-refractivity contribution >= 4 is 40.4 Å². The first kappa shape index (κ1) is 27.7. The summed E-state index contributed by atoms with van der Waals surface area (Å²) in [6.45, 7) is -0.681. The van der Waals surface area contributed by atoms with E-state index >= 15 is 4.39 Å². The fourth-order valence-corrected chi connectivity index (χ4v) is 6.10. The molecule has 1 fully saturated rings. The molecule has 42 heavy (non-hydrogen) atoms. The molecule has 0 saturated carbocycles. The topological polar surface area (TPSA) is 116 Å². The molecule has 0 unspecified atom stereocenters. The minimum Gasteiger partial charge on any atom is -0.455 e. The Hall–Kier alpha value is -4.45. The number of alkyl halides is 2. The second-order valence-corrected chi connectivity index (χ2v) is 11.5. The number of carbonyl (C=O) groups is 3. The van der Waals surface area contributed by atoms with Crippen molar-refractivity contribution in [1.82, 2.24) is 25.5 Å². The van der Waals surface area contributed by atoms with E-state index in [1.165, 1.54) is 11.8 Å². The Balaban J connectivity index is 1.11. The van der Waals surface area contributed by atoms with Crippen LogP contribution in [0.15, 0.2) is 76.8 Å². The molecule has 216 valence electrons. The zero-order chi connectivity index (χ0) is 29.4. The van der Waals surface area contributed by atoms with Crippen LogP contribution in [-0.2, 0) is 9.59 Å². The largest absolute Gasteiger partial charge is 0.455 e. The number of amides is 3. The predicted octanol–water partition coefficient (Wildman–Crippen LogP) is 4.71. The number of fused-ring (bicyclic) bond motifs is 3. The molecule has 2 aliphatic heterocycles. The quantitative estimate of drug-likeness (QED) is 0.253. The van der Waals surface area contributed by atoms with Crippen LogP contribution in [0.3, 0.4) is 0 Å². The lowest BCUT2D eigenvalue weighted by Crippen LogP contribution is -2.49. The number of hydrogen-bond donors (Lipinski definition) is 3. The van der Waals surface area contributed by atoms with Gasteiger partial charge in [0, 0.05) is 41.0 Å². The zero-order valence-electron chi connectivity index (χ0n) is 22.5. The maximum absolute atomic E-state index is 15.1. The van der Waals surface area contributed by atoms with Gasteiger partial charge < -0.3 is 25.3 Å². The number of rotatable bonds is 7. The molecule has 3 amide bonds. The van der Waals surface area contributed by atoms with Gasteiger partial charge >= 0.3 is 0 Å². The van der Waals surface area contributed by atoms with Gasteiger partial charge in [0.05, 0.1) is 28.9 Å². The van der Waals surface area contributed by atoms with E-state index in [0.29, 0.717) is 17.2 Å². The molecule has 3 N–H and O–H groups in total. The minimum atomic E-state index is -2.36. The van der Waals surface area contributed by atoms with Crippen molar-refractivity contribution in [2.24, 2.45) is 0 Å². The second kappa shape index (κ2) is 11.1. The van der Waals surface area contributed by atoms with Crippen molar-refractivity contribution in [3.8, 4) is 11.5 Å². The Labute approximate surface area is 244 Å². The SMILES string of the molecule is C[C@@H](NC(=O)[C@@H]1C[C@](F)(CF)CN1C(=O)CNC(=O)c1ccc2c(c1)Oc1ccccc1S2)c1cc2cnccc2[nH]1. The molecule has 0 spiro atoms. The Bertz CT molecular complexity index is 1660. The number of benzene rings is 2. The molecular formula is C30H27F2N5O4S. The van der Waals surface area contributed by atoms with Gasteiger partial charge in [-0.3, -0.25) is 19.4 Å². The van der Waals surface area contributed by atoms with Crippen LogP contribution in [-0.4, -0.2) is 64.1 Å². The summed E-state index contributed by atoms with van der Waals surface area (Å²) in [6.07, 6.45) is 2.84. The lowest BCUT2D eigenvalue weighted by atomic mass is 10.0. The van der Waals surface area contributed by atoms with Crippen LogP contribution in [0.25, 0.3) is 10.9 Å². The highest BCUT2D eigenvalue weighted by Crippen LogP contribution is 2.47. The van der Waals surface area contributed by atoms with E-state index in [9.17, 15) is 18.8 Å². The summed E-state index contributed by atoms with van der Waals surface area (Å²) in [4.78, 5) is 49.3. The maximum atomic E-state index is 15.1. The van der Waals surface area contributed by atoms with Crippen LogP contribution in [0.4, 0.5) is 8.78 Å². The van der Waals surface area contributed by atoms with E-state index in [-0.39, 0.29) is 5.56 Å². The highest BCUT2D eigenvalue weighted by atomic mass is 32.2. The van der Waals surface area contributed by atoms with E-state index < -0.39 is 61.7 Å². The minimum absolute atomic E-state index is 0.267. The maximum Gasteiger partial charge on any atom is 0.251 e. The van der Waals surface area contributed by atoms with Gasteiger partial charge in [0.1, 0.15) is 24.2 Å². The van der Waals surface area contributed by atoms with Crippen molar-refractivity contribution in [1.29, 1.82) is 0 Å². The van der Waals surface area contributed by atoms with Crippen molar-refractivity contribution in [3.63, 3.8) is 0 Å². The lowest BCUT2D eigenvalue weighted by molar-refractivity contribution is -0.138. The van der Waals surface area contributed by atoms with Crippen molar-refractivity contribution in [2.45, 2.75) is 40.9 Å². The molecule has 0 bridgehead atoms. The molecule has 0 radical (unpaired) electrons. The van der Waals surface area contributed by atoms with E-state index in [1.54, 1.807) is 43.6 Å². The summed E-state index contributed by atoms with van der Waals surface area (Å²) in [5.74, 6) is -0.659. The number of para-hydroxylation sites is 1. The van der Waals surface area contributed by atoms with Crippen LogP contribution in [0.1, 0.15) is 35.4 Å². The number of nitrogens with zero attached hydrogens (tertiary/aromatic N) is 2. The summed E-state index contributed by atoms with van der Waals surface area (Å²) in [5.41, 5.74) is -0.559. The summed E-state index contributed by atoms with van der Waals surface area (Å²) >= 11 is 1.52. The molecule has 2 aliphatic rings. The zero-order valence-corrected chi connectivity index (χ0v) is 23.3. The first-order chi connectivity index (χ1) is 20.2. The molecular weight excluding hydrogens is 564 g/mol. The molecule has 1 saturated heterocycles. The smallest absolute Gasteiger partial charge is 0.251 e. The van der Waals surface area contributed by atoms with Gasteiger partial charge in [0.2, 0.25) is 11.8 Å². The standard InChI is InChI=1S/C30H27F2N5O4S/c1-17(21-10-19-13-33-9-8-20(19)36-21)35-29(40)22-12-30(32,15-31)16-37(22)27(38)14-34-28(39)18-6-7-26-24(11-18)41-23-4-2-3-5-25(23)42-26/h2-11,13,17,22,36H,12,14-16H2,1H3,(H,34,39)(H,35,40)/t17-,22+,30+/m1/s1. The molecule has 6 rings (SSSR count). The van der Waals surface area contributed by atoms with Crippen molar-refractivity contribution in [2.75, 3.05) is 19.8 Å². The predicted molar refractivity (Wildman–Crippen MR) is 152 cm³/mol. The number of H-pyrrole nitrogens is 1. The molecule has 2 aromatic carbocycles. The fourth-order valence-electron chi connectivity index (χ4n) is 5.17. The molecule has 12 heteroatoms. The molecule has 4 aromatic rings. The number of aromatic amines is 1. The number of pyridine rings is 1. The lowest BCUT2D eigenvalue weighted by Gasteiger charge is -2.25. The third-order valence-corrected chi connectivity index (χ3v) is 8.53. The van der Waals surface area contributed by atoms with Crippen LogP contribution in [0, 0.1) is 0 Å². The number of likely N-dealkylation sites (tertiary alicyclic amines) is 1. The van der Waals surface area contributed by atoms with Crippen molar-refractivity contribution < 1.29 is 27.9 Å². The second-order valence-electron chi connectivity index (χ2n) is 10.4. The highest BCUT2D eigenvalue weighted by molar-refractivity contribution is 7.99. The normalized spacial score (nSPS) is 19.9. The third-order valence-electron chi connectivity index (χ3n) is 7.41. The number of halogens is 2. The van der Waals surface area contributed by atoms with E-state index in [2.05, 4.69) is 20.6 Å². The average Bonchev–Trinajstić information content (AvgIpc) is 3.60. The Morgan fingerprint density at radius 2 is 1.98 bits per heavy atom. The Morgan fingerprint density at radius 1 is 1.17 bits per heavy atom. The molecule has 2 aromatic heterocycles. The van der Waals surface area contributed by atoms with Gasteiger partial charge in [-0.25, -0.2) is 8.78 Å². The number of aromatic nitrogens is 2. The summed E-state index contributed by atoms with van der Waals surface area (Å²) < 4.78 is 34.7. The van der Waals surface area contributed by atoms with Crippen LogP contribution in [0.2, 0.25) is 0 Å². The van der Waals surface area contributed by atoms with E-state index in [1.807, 2.05) is 30.3 Å². The number of ether oxygens (including phenoxy) is 1. The summed E-state index contributed by atoms with van der Waals surface area (Å²) in [5, 5.41) is 6.19. The summed E-state index contributed by atoms with van der Waals surface area (Å²) in [7, 11) is 0. The Morgan fingerprint density at radius 3 is 2.79 bits per heavy atom. The fraction of sp³-hybridized carbons (Fsp3) is 0.267. The van der Waals surface area contributed by atoms with Gasteiger partial charge in [0.25, 0.3) is 5.91 Å². The molecule has 9 nitrogen and oxygen atoms in total. The van der Waals surface area contributed by atoms with Gasteiger partial charge in [-0.1, -0.05) is 23.9 Å². The number of carbonyl (C=O) groups excluding carboxylic acids is 3. The van der Waals surface area contributed by atoms with Gasteiger partial charge in [-0.2, -0.15) is 0 Å². The van der Waals surface area contributed by atoms with E-state index in [4.69, 9.17) is 4.74 Å². The van der Waals surface area contributed by atoms with Crippen molar-refractivity contribution in [3.05, 3.63) is 78.2 Å². The van der Waals surface area contributed by atoms with Crippen LogP contribution < -0.4 is 15.4 Å². The molecule has 3 atom stereocenters.